The van der Waals surface area contributed by atoms with E-state index in [2.05, 4.69) is 5.32 Å². The second-order valence-electron chi connectivity index (χ2n) is 10.7. The fraction of sp³-hybridized carbons (Fsp3) is 0.257. The summed E-state index contributed by atoms with van der Waals surface area (Å²) in [4.78, 5) is 29.7. The van der Waals surface area contributed by atoms with Gasteiger partial charge in [0.1, 0.15) is 12.6 Å². The zero-order chi connectivity index (χ0) is 31.5. The summed E-state index contributed by atoms with van der Waals surface area (Å²) in [6, 6.07) is 30.7. The Morgan fingerprint density at radius 2 is 1.43 bits per heavy atom. The van der Waals surface area contributed by atoms with E-state index in [1.54, 1.807) is 66.7 Å². The van der Waals surface area contributed by atoms with E-state index in [0.717, 1.165) is 33.8 Å². The fourth-order valence-corrected chi connectivity index (χ4v) is 6.37. The molecule has 4 aromatic rings. The standard InChI is InChI=1S/C35H38ClN3O4S/c1-3-4-23-37-35(41)33(24-28-11-7-5-8-12-28)38(25-29-17-19-30(36)20-18-29)34(40)26-39(31-21-15-27(2)16-22-31)44(42,43)32-13-9-6-10-14-32/h5-22,33H,3-4,23-26H2,1-2H3,(H,37,41)/t33-/m0/s1. The van der Waals surface area contributed by atoms with Crippen molar-refractivity contribution < 1.29 is 18.0 Å². The number of nitrogens with zero attached hydrogens (tertiary/aromatic N) is 2. The number of amides is 2. The number of hydrogen-bond acceptors (Lipinski definition) is 4. The molecule has 0 aliphatic rings. The molecule has 2 amide bonds. The lowest BCUT2D eigenvalue weighted by Gasteiger charge is -2.34. The third-order valence-corrected chi connectivity index (χ3v) is 9.34. The van der Waals surface area contributed by atoms with Crippen molar-refractivity contribution in [2.45, 2.75) is 50.6 Å². The highest BCUT2D eigenvalue weighted by Gasteiger charge is 2.34. The number of rotatable bonds is 14. The minimum absolute atomic E-state index is 0.0655. The predicted octanol–water partition coefficient (Wildman–Crippen LogP) is 6.40. The molecule has 0 radical (unpaired) electrons. The minimum atomic E-state index is -4.13. The summed E-state index contributed by atoms with van der Waals surface area (Å²) in [5.74, 6) is -0.802. The number of nitrogens with one attached hydrogen (secondary N) is 1. The van der Waals surface area contributed by atoms with Crippen LogP contribution in [0.4, 0.5) is 5.69 Å². The average Bonchev–Trinajstić information content (AvgIpc) is 3.03. The molecule has 0 heterocycles. The number of hydrogen-bond donors (Lipinski definition) is 1. The van der Waals surface area contributed by atoms with Crippen LogP contribution in [0, 0.1) is 6.92 Å². The number of carbonyl (C=O) groups is 2. The number of benzene rings is 4. The van der Waals surface area contributed by atoms with Crippen LogP contribution < -0.4 is 9.62 Å². The number of aryl methyl sites for hydroxylation is 1. The average molecular weight is 632 g/mol. The van der Waals surface area contributed by atoms with Crippen molar-refractivity contribution in [3.63, 3.8) is 0 Å². The van der Waals surface area contributed by atoms with Crippen molar-refractivity contribution in [3.05, 3.63) is 131 Å². The van der Waals surface area contributed by atoms with Gasteiger partial charge in [0.05, 0.1) is 10.6 Å². The van der Waals surface area contributed by atoms with E-state index < -0.39 is 28.5 Å². The molecule has 0 aromatic heterocycles. The molecule has 0 bridgehead atoms. The van der Waals surface area contributed by atoms with Gasteiger partial charge in [0.2, 0.25) is 11.8 Å². The van der Waals surface area contributed by atoms with Crippen molar-refractivity contribution in [2.24, 2.45) is 0 Å². The van der Waals surface area contributed by atoms with Crippen molar-refractivity contribution in [1.29, 1.82) is 0 Å². The normalized spacial score (nSPS) is 11.9. The summed E-state index contributed by atoms with van der Waals surface area (Å²) in [6.07, 6.45) is 1.96. The zero-order valence-corrected chi connectivity index (χ0v) is 26.6. The topological polar surface area (TPSA) is 86.8 Å². The van der Waals surface area contributed by atoms with Gasteiger partial charge >= 0.3 is 0 Å². The molecule has 4 aromatic carbocycles. The monoisotopic (exact) mass is 631 g/mol. The first-order valence-electron chi connectivity index (χ1n) is 14.7. The molecule has 0 saturated carbocycles. The van der Waals surface area contributed by atoms with Crippen molar-refractivity contribution in [1.82, 2.24) is 10.2 Å². The van der Waals surface area contributed by atoms with Gasteiger partial charge in [-0.3, -0.25) is 13.9 Å². The van der Waals surface area contributed by atoms with Crippen molar-refractivity contribution in [3.8, 4) is 0 Å². The maximum atomic E-state index is 14.4. The van der Waals surface area contributed by atoms with E-state index in [1.807, 2.05) is 44.2 Å². The van der Waals surface area contributed by atoms with Crippen LogP contribution in [0.1, 0.15) is 36.5 Å². The molecule has 230 valence electrons. The van der Waals surface area contributed by atoms with Gasteiger partial charge in [-0.25, -0.2) is 8.42 Å². The van der Waals surface area contributed by atoms with Crippen LogP contribution in [0.15, 0.2) is 114 Å². The Morgan fingerprint density at radius 3 is 2.05 bits per heavy atom. The maximum Gasteiger partial charge on any atom is 0.264 e. The van der Waals surface area contributed by atoms with E-state index in [1.165, 1.54) is 17.0 Å². The molecule has 0 saturated heterocycles. The Bertz CT molecular complexity index is 1610. The smallest absolute Gasteiger partial charge is 0.264 e. The first-order chi connectivity index (χ1) is 21.2. The molecular formula is C35H38ClN3O4S. The first-order valence-corrected chi connectivity index (χ1v) is 16.5. The Morgan fingerprint density at radius 1 is 0.818 bits per heavy atom. The summed E-state index contributed by atoms with van der Waals surface area (Å²) in [5, 5.41) is 3.54. The zero-order valence-electron chi connectivity index (χ0n) is 25.0. The largest absolute Gasteiger partial charge is 0.354 e. The molecule has 9 heteroatoms. The molecule has 1 N–H and O–H groups in total. The van der Waals surface area contributed by atoms with Gasteiger partial charge in [0.25, 0.3) is 10.0 Å². The van der Waals surface area contributed by atoms with Crippen LogP contribution >= 0.6 is 11.6 Å². The number of carbonyl (C=O) groups excluding carboxylic acids is 2. The molecule has 0 unspecified atom stereocenters. The molecule has 0 aliphatic heterocycles. The summed E-state index contributed by atoms with van der Waals surface area (Å²) in [6.45, 7) is 4.01. The molecular weight excluding hydrogens is 594 g/mol. The van der Waals surface area contributed by atoms with Gasteiger partial charge in [-0.2, -0.15) is 0 Å². The second kappa shape index (κ2) is 15.5. The van der Waals surface area contributed by atoms with Crippen LogP contribution in [0.5, 0.6) is 0 Å². The van der Waals surface area contributed by atoms with Crippen LogP contribution in [0.2, 0.25) is 5.02 Å². The molecule has 0 fully saturated rings. The van der Waals surface area contributed by atoms with E-state index in [9.17, 15) is 18.0 Å². The van der Waals surface area contributed by atoms with Crippen LogP contribution in [-0.4, -0.2) is 44.3 Å². The number of halogens is 1. The number of unbranched alkanes of at least 4 members (excludes halogenated alkanes) is 1. The maximum absolute atomic E-state index is 14.4. The van der Waals surface area contributed by atoms with Gasteiger partial charge in [-0.15, -0.1) is 0 Å². The summed E-state index contributed by atoms with van der Waals surface area (Å²) < 4.78 is 29.1. The SMILES string of the molecule is CCCCNC(=O)[C@H](Cc1ccccc1)N(Cc1ccc(Cl)cc1)C(=O)CN(c1ccc(C)cc1)S(=O)(=O)c1ccccc1. The molecule has 0 spiro atoms. The Labute approximate surface area is 265 Å². The van der Waals surface area contributed by atoms with Gasteiger partial charge in [0.15, 0.2) is 0 Å². The Kier molecular flexibility index (Phi) is 11.6. The summed E-state index contributed by atoms with van der Waals surface area (Å²) in [7, 11) is -4.13. The minimum Gasteiger partial charge on any atom is -0.354 e. The lowest BCUT2D eigenvalue weighted by atomic mass is 10.0. The van der Waals surface area contributed by atoms with E-state index >= 15 is 0 Å². The molecule has 7 nitrogen and oxygen atoms in total. The van der Waals surface area contributed by atoms with Crippen LogP contribution in [0.25, 0.3) is 0 Å². The molecule has 0 aliphatic carbocycles. The first kappa shape index (κ1) is 32.8. The van der Waals surface area contributed by atoms with E-state index in [-0.39, 0.29) is 23.8 Å². The highest BCUT2D eigenvalue weighted by Crippen LogP contribution is 2.25. The van der Waals surface area contributed by atoms with E-state index in [4.69, 9.17) is 11.6 Å². The number of sulfonamides is 1. The molecule has 44 heavy (non-hydrogen) atoms. The quantitative estimate of drug-likeness (QED) is 0.163. The highest BCUT2D eigenvalue weighted by molar-refractivity contribution is 7.92. The Hall–Kier alpha value is -4.14. The third-order valence-electron chi connectivity index (χ3n) is 7.30. The van der Waals surface area contributed by atoms with Gasteiger partial charge in [0, 0.05) is 24.5 Å². The number of anilines is 1. The Balaban J connectivity index is 1.77. The lowest BCUT2D eigenvalue weighted by molar-refractivity contribution is -0.140. The molecule has 4 rings (SSSR count). The van der Waals surface area contributed by atoms with Gasteiger partial charge in [-0.05, 0) is 60.9 Å². The predicted molar refractivity (Wildman–Crippen MR) is 176 cm³/mol. The van der Waals surface area contributed by atoms with E-state index in [0.29, 0.717) is 17.3 Å². The third kappa shape index (κ3) is 8.71. The molecule has 1 atom stereocenters. The van der Waals surface area contributed by atoms with Gasteiger partial charge in [-0.1, -0.05) is 103 Å². The van der Waals surface area contributed by atoms with Gasteiger partial charge < -0.3 is 10.2 Å². The van der Waals surface area contributed by atoms with Crippen molar-refractivity contribution >= 4 is 39.1 Å². The van der Waals surface area contributed by atoms with Crippen LogP contribution in [0.3, 0.4) is 0 Å². The highest BCUT2D eigenvalue weighted by atomic mass is 35.5. The summed E-state index contributed by atoms with van der Waals surface area (Å²) in [5.41, 5.74) is 2.94. The fourth-order valence-electron chi connectivity index (χ4n) is 4.81. The van der Waals surface area contributed by atoms with Crippen molar-refractivity contribution in [2.75, 3.05) is 17.4 Å². The lowest BCUT2D eigenvalue weighted by Crippen LogP contribution is -2.53. The van der Waals surface area contributed by atoms with Crippen LogP contribution in [-0.2, 0) is 32.6 Å². The second-order valence-corrected chi connectivity index (χ2v) is 13.0. The summed E-state index contributed by atoms with van der Waals surface area (Å²) >= 11 is 6.14.